The van der Waals surface area contributed by atoms with Crippen LogP contribution in [-0.4, -0.2) is 61.3 Å². The lowest BCUT2D eigenvalue weighted by Gasteiger charge is -2.25. The zero-order valence-electron chi connectivity index (χ0n) is 11.7. The molecule has 1 aliphatic heterocycles. The van der Waals surface area contributed by atoms with Crippen molar-refractivity contribution < 1.29 is 4.21 Å². The number of nitrogens with zero attached hydrogens (tertiary/aromatic N) is 4. The second kappa shape index (κ2) is 7.12. The van der Waals surface area contributed by atoms with Crippen LogP contribution in [0.3, 0.4) is 0 Å². The quantitative estimate of drug-likeness (QED) is 0.787. The van der Waals surface area contributed by atoms with Crippen LogP contribution in [0.2, 0.25) is 0 Å². The van der Waals surface area contributed by atoms with Crippen LogP contribution in [0.4, 0.5) is 0 Å². The molecule has 1 saturated heterocycles. The van der Waals surface area contributed by atoms with Gasteiger partial charge in [-0.25, -0.2) is 0 Å². The lowest BCUT2D eigenvalue weighted by atomic mass is 10.3. The maximum Gasteiger partial charge on any atom is 0.0964 e. The van der Waals surface area contributed by atoms with Gasteiger partial charge in [-0.05, 0) is 0 Å². The Kier molecular flexibility index (Phi) is 5.47. The molecule has 7 heteroatoms. The van der Waals surface area contributed by atoms with Gasteiger partial charge in [-0.2, -0.15) is 0 Å². The first-order chi connectivity index (χ1) is 9.13. The van der Waals surface area contributed by atoms with E-state index in [1.54, 1.807) is 0 Å². The zero-order valence-corrected chi connectivity index (χ0v) is 12.5. The summed E-state index contributed by atoms with van der Waals surface area (Å²) in [7, 11) is -0.597. The summed E-state index contributed by atoms with van der Waals surface area (Å²) in [5, 5.41) is 11.6. The fourth-order valence-corrected chi connectivity index (χ4v) is 3.11. The van der Waals surface area contributed by atoms with E-state index in [1.807, 2.05) is 10.9 Å². The van der Waals surface area contributed by atoms with Gasteiger partial charge in [-0.3, -0.25) is 13.8 Å². The number of nitrogens with one attached hydrogen (secondary N) is 1. The minimum Gasteiger partial charge on any atom is -0.309 e. The van der Waals surface area contributed by atoms with E-state index in [9.17, 15) is 4.21 Å². The number of rotatable bonds is 6. The molecule has 0 radical (unpaired) electrons. The highest BCUT2D eigenvalue weighted by Crippen LogP contribution is 2.01. The fraction of sp³-hybridized carbons (Fsp3) is 0.833. The minimum absolute atomic E-state index is 0.458. The molecule has 2 rings (SSSR count). The number of aromatic nitrogens is 3. The van der Waals surface area contributed by atoms with E-state index in [-0.39, 0.29) is 0 Å². The van der Waals surface area contributed by atoms with Crippen LogP contribution in [0.25, 0.3) is 0 Å². The molecular weight excluding hydrogens is 262 g/mol. The standard InChI is InChI=1S/C12H23N5OS/c1-11(2)13-9-12-10-17(15-14-12)4-3-16-5-7-19(18)8-6-16/h10-11,13H,3-9H2,1-2H3. The largest absolute Gasteiger partial charge is 0.309 e. The predicted molar refractivity (Wildman–Crippen MR) is 76.3 cm³/mol. The zero-order chi connectivity index (χ0) is 13.7. The Morgan fingerprint density at radius 2 is 2.11 bits per heavy atom. The molecule has 0 aromatic carbocycles. The van der Waals surface area contributed by atoms with Gasteiger partial charge in [0.05, 0.1) is 12.2 Å². The Labute approximate surface area is 117 Å². The third-order valence-electron chi connectivity index (χ3n) is 3.19. The van der Waals surface area contributed by atoms with E-state index in [4.69, 9.17) is 0 Å². The van der Waals surface area contributed by atoms with Crippen LogP contribution in [0.1, 0.15) is 19.5 Å². The molecule has 0 aliphatic carbocycles. The molecule has 1 N–H and O–H groups in total. The summed E-state index contributed by atoms with van der Waals surface area (Å²) in [5.74, 6) is 1.61. The molecule has 6 nitrogen and oxygen atoms in total. The highest BCUT2D eigenvalue weighted by molar-refractivity contribution is 7.85. The molecule has 1 aromatic rings. The van der Waals surface area contributed by atoms with Gasteiger partial charge in [-0.15, -0.1) is 5.10 Å². The summed E-state index contributed by atoms with van der Waals surface area (Å²) < 4.78 is 13.2. The summed E-state index contributed by atoms with van der Waals surface area (Å²) in [5.41, 5.74) is 0.980. The molecule has 0 amide bonds. The monoisotopic (exact) mass is 285 g/mol. The molecule has 19 heavy (non-hydrogen) atoms. The van der Waals surface area contributed by atoms with Crippen LogP contribution >= 0.6 is 0 Å². The van der Waals surface area contributed by atoms with Crippen LogP contribution < -0.4 is 5.32 Å². The lowest BCUT2D eigenvalue weighted by molar-refractivity contribution is 0.280. The number of hydrogen-bond donors (Lipinski definition) is 1. The maximum absolute atomic E-state index is 11.3. The van der Waals surface area contributed by atoms with Gasteiger partial charge in [0.1, 0.15) is 0 Å². The normalized spacial score (nSPS) is 18.3. The van der Waals surface area contributed by atoms with Gasteiger partial charge in [0, 0.05) is 60.7 Å². The van der Waals surface area contributed by atoms with Crippen molar-refractivity contribution in [1.29, 1.82) is 0 Å². The number of hydrogen-bond acceptors (Lipinski definition) is 5. The minimum atomic E-state index is -0.597. The van der Waals surface area contributed by atoms with E-state index >= 15 is 0 Å². The molecule has 108 valence electrons. The van der Waals surface area contributed by atoms with Gasteiger partial charge in [-0.1, -0.05) is 19.1 Å². The van der Waals surface area contributed by atoms with E-state index in [0.717, 1.165) is 49.9 Å². The van der Waals surface area contributed by atoms with Crippen LogP contribution in [0.15, 0.2) is 6.20 Å². The van der Waals surface area contributed by atoms with Crippen molar-refractivity contribution in [2.45, 2.75) is 33.0 Å². The van der Waals surface area contributed by atoms with Crippen molar-refractivity contribution in [3.8, 4) is 0 Å². The molecule has 0 atom stereocenters. The summed E-state index contributed by atoms with van der Waals surface area (Å²) >= 11 is 0. The van der Waals surface area contributed by atoms with E-state index in [0.29, 0.717) is 6.04 Å². The van der Waals surface area contributed by atoms with E-state index in [2.05, 4.69) is 34.4 Å². The van der Waals surface area contributed by atoms with Gasteiger partial charge in [0.15, 0.2) is 0 Å². The second-order valence-electron chi connectivity index (χ2n) is 5.20. The van der Waals surface area contributed by atoms with Crippen LogP contribution in [0.5, 0.6) is 0 Å². The molecule has 0 saturated carbocycles. The highest BCUT2D eigenvalue weighted by Gasteiger charge is 2.14. The first kappa shape index (κ1) is 14.6. The Bertz CT molecular complexity index is 410. The summed E-state index contributed by atoms with van der Waals surface area (Å²) in [4.78, 5) is 2.34. The van der Waals surface area contributed by atoms with E-state index < -0.39 is 10.8 Å². The predicted octanol–water partition coefficient (Wildman–Crippen LogP) is -0.160. The molecule has 2 heterocycles. The summed E-state index contributed by atoms with van der Waals surface area (Å²) in [6, 6.07) is 0.458. The Balaban J connectivity index is 1.72. The lowest BCUT2D eigenvalue weighted by Crippen LogP contribution is -2.39. The van der Waals surface area contributed by atoms with Crippen LogP contribution in [0, 0.1) is 0 Å². The molecule has 1 aromatic heterocycles. The van der Waals surface area contributed by atoms with Crippen molar-refractivity contribution >= 4 is 10.8 Å². The third-order valence-corrected chi connectivity index (χ3v) is 4.47. The molecule has 0 spiro atoms. The van der Waals surface area contributed by atoms with Gasteiger partial charge >= 0.3 is 0 Å². The third kappa shape index (κ3) is 5.00. The Morgan fingerprint density at radius 1 is 1.37 bits per heavy atom. The van der Waals surface area contributed by atoms with Crippen molar-refractivity contribution in [3.05, 3.63) is 11.9 Å². The smallest absolute Gasteiger partial charge is 0.0964 e. The SMILES string of the molecule is CC(C)NCc1cn(CCN2CCS(=O)CC2)nn1. The van der Waals surface area contributed by atoms with Crippen molar-refractivity contribution in [2.24, 2.45) is 0 Å². The first-order valence-electron chi connectivity index (χ1n) is 6.83. The van der Waals surface area contributed by atoms with Gasteiger partial charge in [0.25, 0.3) is 0 Å². The fourth-order valence-electron chi connectivity index (χ4n) is 1.98. The van der Waals surface area contributed by atoms with Crippen molar-refractivity contribution in [2.75, 3.05) is 31.1 Å². The van der Waals surface area contributed by atoms with Crippen molar-refractivity contribution in [1.82, 2.24) is 25.2 Å². The Morgan fingerprint density at radius 3 is 2.79 bits per heavy atom. The molecule has 0 bridgehead atoms. The average Bonchev–Trinajstić information content (AvgIpc) is 2.84. The average molecular weight is 285 g/mol. The molecular formula is C12H23N5OS. The second-order valence-corrected chi connectivity index (χ2v) is 6.89. The van der Waals surface area contributed by atoms with Gasteiger partial charge < -0.3 is 5.32 Å². The summed E-state index contributed by atoms with van der Waals surface area (Å²) in [6.07, 6.45) is 2.00. The topological polar surface area (TPSA) is 63.1 Å². The molecule has 1 fully saturated rings. The molecule has 0 unspecified atom stereocenters. The Hall–Kier alpha value is -0.790. The van der Waals surface area contributed by atoms with Crippen molar-refractivity contribution in [3.63, 3.8) is 0 Å². The highest BCUT2D eigenvalue weighted by atomic mass is 32.2. The van der Waals surface area contributed by atoms with E-state index in [1.165, 1.54) is 0 Å². The maximum atomic E-state index is 11.3. The summed E-state index contributed by atoms with van der Waals surface area (Å²) in [6.45, 7) is 8.67. The van der Waals surface area contributed by atoms with Gasteiger partial charge in [0.2, 0.25) is 0 Å². The molecule has 1 aliphatic rings. The van der Waals surface area contributed by atoms with Crippen LogP contribution in [-0.2, 0) is 23.9 Å². The first-order valence-corrected chi connectivity index (χ1v) is 8.32.